The minimum Gasteiger partial charge on any atom is -0.311 e. The Balaban J connectivity index is 1.69. The molecule has 2 aliphatic carbocycles. The van der Waals surface area contributed by atoms with Crippen molar-refractivity contribution in [2.24, 2.45) is 5.92 Å². The van der Waals surface area contributed by atoms with Gasteiger partial charge in [0.1, 0.15) is 0 Å². The molecule has 0 radical (unpaired) electrons. The lowest BCUT2D eigenvalue weighted by Crippen LogP contribution is -2.38. The molecule has 0 saturated heterocycles. The van der Waals surface area contributed by atoms with Crippen molar-refractivity contribution in [3.8, 4) is 0 Å². The third-order valence-electron chi connectivity index (χ3n) is 3.84. The first kappa shape index (κ1) is 9.51. The van der Waals surface area contributed by atoms with Crippen molar-refractivity contribution in [1.82, 2.24) is 5.32 Å². The van der Waals surface area contributed by atoms with E-state index in [1.807, 2.05) is 0 Å². The quantitative estimate of drug-likeness (QED) is 0.690. The second kappa shape index (κ2) is 4.45. The zero-order valence-electron chi connectivity index (χ0n) is 8.89. The number of nitrogens with one attached hydrogen (secondary N) is 1. The molecule has 0 amide bonds. The summed E-state index contributed by atoms with van der Waals surface area (Å²) in [6, 6.07) is 1.73. The van der Waals surface area contributed by atoms with E-state index in [-0.39, 0.29) is 0 Å². The number of hydrogen-bond donors (Lipinski definition) is 1. The highest BCUT2D eigenvalue weighted by Crippen LogP contribution is 2.26. The summed E-state index contributed by atoms with van der Waals surface area (Å²) in [5, 5.41) is 3.84. The smallest absolute Gasteiger partial charge is 0.00698 e. The largest absolute Gasteiger partial charge is 0.311 e. The molecule has 1 nitrogen and oxygen atoms in total. The van der Waals surface area contributed by atoms with Gasteiger partial charge in [0, 0.05) is 12.1 Å². The molecular weight excluding hydrogens is 158 g/mol. The van der Waals surface area contributed by atoms with E-state index in [4.69, 9.17) is 0 Å². The number of rotatable bonds is 2. The van der Waals surface area contributed by atoms with Gasteiger partial charge in [-0.3, -0.25) is 0 Å². The highest BCUT2D eigenvalue weighted by molar-refractivity contribution is 4.81. The van der Waals surface area contributed by atoms with Crippen molar-refractivity contribution < 1.29 is 0 Å². The van der Waals surface area contributed by atoms with Gasteiger partial charge in [-0.25, -0.2) is 0 Å². The van der Waals surface area contributed by atoms with Crippen LogP contribution in [0.15, 0.2) is 0 Å². The second-order valence-corrected chi connectivity index (χ2v) is 5.10. The average molecular weight is 181 g/mol. The van der Waals surface area contributed by atoms with Crippen molar-refractivity contribution in [3.63, 3.8) is 0 Å². The van der Waals surface area contributed by atoms with Crippen LogP contribution in [0.25, 0.3) is 0 Å². The molecular formula is C12H23N. The first-order valence-corrected chi connectivity index (χ1v) is 6.10. The van der Waals surface area contributed by atoms with Gasteiger partial charge in [-0.15, -0.1) is 0 Å². The van der Waals surface area contributed by atoms with Gasteiger partial charge in [-0.2, -0.15) is 0 Å². The van der Waals surface area contributed by atoms with E-state index < -0.39 is 0 Å². The summed E-state index contributed by atoms with van der Waals surface area (Å²) in [6.45, 7) is 2.39. The molecule has 0 atom stereocenters. The maximum absolute atomic E-state index is 3.84. The van der Waals surface area contributed by atoms with Crippen LogP contribution in [0.3, 0.4) is 0 Å². The first-order chi connectivity index (χ1) is 6.34. The molecule has 0 aromatic heterocycles. The SMILES string of the molecule is C[C@H]1CC[C@H](NC2CCCC2)CC1. The molecule has 0 aromatic rings. The number of hydrogen-bond acceptors (Lipinski definition) is 1. The fraction of sp³-hybridized carbons (Fsp3) is 1.00. The van der Waals surface area contributed by atoms with E-state index in [0.717, 1.165) is 18.0 Å². The topological polar surface area (TPSA) is 12.0 Å². The Bertz CT molecular complexity index is 141. The third-order valence-corrected chi connectivity index (χ3v) is 3.84. The van der Waals surface area contributed by atoms with E-state index in [9.17, 15) is 0 Å². The molecule has 1 heteroatoms. The van der Waals surface area contributed by atoms with Crippen molar-refractivity contribution in [1.29, 1.82) is 0 Å². The molecule has 2 saturated carbocycles. The predicted octanol–water partition coefficient (Wildman–Crippen LogP) is 3.10. The summed E-state index contributed by atoms with van der Waals surface area (Å²) in [4.78, 5) is 0. The average Bonchev–Trinajstić information content (AvgIpc) is 2.62. The van der Waals surface area contributed by atoms with E-state index >= 15 is 0 Å². The van der Waals surface area contributed by atoms with Crippen LogP contribution in [0.5, 0.6) is 0 Å². The summed E-state index contributed by atoms with van der Waals surface area (Å²) >= 11 is 0. The Morgan fingerprint density at radius 3 is 1.92 bits per heavy atom. The summed E-state index contributed by atoms with van der Waals surface area (Å²) < 4.78 is 0. The van der Waals surface area contributed by atoms with E-state index in [2.05, 4.69) is 12.2 Å². The first-order valence-electron chi connectivity index (χ1n) is 6.10. The molecule has 0 spiro atoms. The molecule has 0 unspecified atom stereocenters. The predicted molar refractivity (Wildman–Crippen MR) is 56.8 cm³/mol. The van der Waals surface area contributed by atoms with Gasteiger partial charge in [-0.1, -0.05) is 19.8 Å². The summed E-state index contributed by atoms with van der Waals surface area (Å²) in [7, 11) is 0. The second-order valence-electron chi connectivity index (χ2n) is 5.10. The van der Waals surface area contributed by atoms with Gasteiger partial charge in [0.2, 0.25) is 0 Å². The Morgan fingerprint density at radius 1 is 0.769 bits per heavy atom. The standard InChI is InChI=1S/C12H23N/c1-10-6-8-12(9-7-10)13-11-4-2-3-5-11/h10-13H,2-9H2,1H3/t10-,12-. The van der Waals surface area contributed by atoms with Crippen LogP contribution in [-0.4, -0.2) is 12.1 Å². The summed E-state index contributed by atoms with van der Waals surface area (Å²) in [6.07, 6.45) is 11.5. The molecule has 0 aliphatic heterocycles. The maximum atomic E-state index is 3.84. The molecule has 1 N–H and O–H groups in total. The molecule has 0 aromatic carbocycles. The summed E-state index contributed by atoms with van der Waals surface area (Å²) in [5.74, 6) is 0.988. The van der Waals surface area contributed by atoms with Crippen molar-refractivity contribution in [2.75, 3.05) is 0 Å². The van der Waals surface area contributed by atoms with E-state index in [0.29, 0.717) is 0 Å². The van der Waals surface area contributed by atoms with Gasteiger partial charge >= 0.3 is 0 Å². The lowest BCUT2D eigenvalue weighted by Gasteiger charge is -2.29. The molecule has 2 rings (SSSR count). The van der Waals surface area contributed by atoms with Gasteiger partial charge in [0.15, 0.2) is 0 Å². The fourth-order valence-electron chi connectivity index (χ4n) is 2.85. The highest BCUT2D eigenvalue weighted by Gasteiger charge is 2.22. The Morgan fingerprint density at radius 2 is 1.31 bits per heavy atom. The Kier molecular flexibility index (Phi) is 3.26. The van der Waals surface area contributed by atoms with Crippen molar-refractivity contribution in [3.05, 3.63) is 0 Å². The Labute approximate surface area is 82.3 Å². The molecule has 76 valence electrons. The molecule has 2 fully saturated rings. The molecule has 13 heavy (non-hydrogen) atoms. The van der Waals surface area contributed by atoms with Crippen LogP contribution < -0.4 is 5.32 Å². The van der Waals surface area contributed by atoms with Gasteiger partial charge in [0.25, 0.3) is 0 Å². The third kappa shape index (κ3) is 2.70. The monoisotopic (exact) mass is 181 g/mol. The van der Waals surface area contributed by atoms with Crippen LogP contribution in [0.1, 0.15) is 58.3 Å². The lowest BCUT2D eigenvalue weighted by molar-refractivity contribution is 0.286. The zero-order chi connectivity index (χ0) is 9.10. The summed E-state index contributed by atoms with van der Waals surface area (Å²) in [5.41, 5.74) is 0. The Hall–Kier alpha value is -0.0400. The molecule has 0 heterocycles. The maximum Gasteiger partial charge on any atom is 0.00698 e. The highest BCUT2D eigenvalue weighted by atomic mass is 15.0. The van der Waals surface area contributed by atoms with Crippen LogP contribution in [-0.2, 0) is 0 Å². The molecule has 0 bridgehead atoms. The minimum atomic E-state index is 0.860. The van der Waals surface area contributed by atoms with Crippen LogP contribution in [0, 0.1) is 5.92 Å². The van der Waals surface area contributed by atoms with Crippen molar-refractivity contribution in [2.45, 2.75) is 70.4 Å². The fourth-order valence-corrected chi connectivity index (χ4v) is 2.85. The van der Waals surface area contributed by atoms with Gasteiger partial charge < -0.3 is 5.32 Å². The normalized spacial score (nSPS) is 36.7. The van der Waals surface area contributed by atoms with Gasteiger partial charge in [0.05, 0.1) is 0 Å². The van der Waals surface area contributed by atoms with Crippen molar-refractivity contribution >= 4 is 0 Å². The van der Waals surface area contributed by atoms with E-state index in [1.54, 1.807) is 0 Å². The lowest BCUT2D eigenvalue weighted by atomic mass is 9.87. The zero-order valence-corrected chi connectivity index (χ0v) is 8.89. The molecule has 2 aliphatic rings. The van der Waals surface area contributed by atoms with Crippen LogP contribution in [0.2, 0.25) is 0 Å². The van der Waals surface area contributed by atoms with Gasteiger partial charge in [-0.05, 0) is 44.4 Å². The van der Waals surface area contributed by atoms with E-state index in [1.165, 1.54) is 51.4 Å². The van der Waals surface area contributed by atoms with Crippen LogP contribution in [0.4, 0.5) is 0 Å². The van der Waals surface area contributed by atoms with Crippen LogP contribution >= 0.6 is 0 Å². The minimum absolute atomic E-state index is 0.860.